The first-order valence-electron chi connectivity index (χ1n) is 8.02. The molecule has 1 aromatic heterocycles. The monoisotopic (exact) mass is 435 g/mol. The van der Waals surface area contributed by atoms with Crippen LogP contribution in [-0.2, 0) is 10.0 Å². The zero-order valence-corrected chi connectivity index (χ0v) is 16.1. The molecule has 5 N–H and O–H groups in total. The molecule has 0 aliphatic heterocycles. The van der Waals surface area contributed by atoms with Crippen molar-refractivity contribution in [3.05, 3.63) is 86.2 Å². The number of hydrazine groups is 1. The maximum atomic E-state index is 12.4. The molecular formula is C17H14ClN5O5S. The smallest absolute Gasteiger partial charge is 0.313 e. The number of halogens is 1. The number of carbonyl (C=O) groups is 1. The highest BCUT2D eigenvalue weighted by atomic mass is 35.5. The van der Waals surface area contributed by atoms with E-state index in [9.17, 15) is 22.8 Å². The first-order chi connectivity index (χ1) is 13.8. The van der Waals surface area contributed by atoms with E-state index in [0.717, 1.165) is 6.20 Å². The average Bonchev–Trinajstić information content (AvgIpc) is 2.66. The Labute approximate surface area is 169 Å². The Morgan fingerprint density at radius 1 is 1.03 bits per heavy atom. The fraction of sp³-hybridized carbons (Fsp3) is 0. The second kappa shape index (κ2) is 8.20. The molecule has 10 nitrogen and oxygen atoms in total. The van der Waals surface area contributed by atoms with Crippen molar-refractivity contribution in [2.45, 2.75) is 4.90 Å². The van der Waals surface area contributed by atoms with Crippen LogP contribution in [0.1, 0.15) is 10.4 Å². The number of sulfonamides is 1. The highest BCUT2D eigenvalue weighted by molar-refractivity contribution is 7.92. The molecule has 1 heterocycles. The lowest BCUT2D eigenvalue weighted by molar-refractivity contribution is 0.0962. The normalized spacial score (nSPS) is 10.9. The molecule has 0 atom stereocenters. The number of hydrogen-bond acceptors (Lipinski definition) is 6. The Bertz CT molecular complexity index is 1290. The minimum absolute atomic E-state index is 0.0426. The standard InChI is InChI=1S/C17H14ClN5O5S/c18-12-6-1-2-7-13(12)21-22-15(24)10-4-3-5-11(8-10)23-29(27,28)14-9-19-17(26)20-16(14)25/h1-9,21,23H,(H,22,24)(H2,19,20,25,26). The number of aromatic nitrogens is 2. The van der Waals surface area contributed by atoms with Gasteiger partial charge in [-0.15, -0.1) is 0 Å². The summed E-state index contributed by atoms with van der Waals surface area (Å²) >= 11 is 5.99. The molecular weight excluding hydrogens is 422 g/mol. The van der Waals surface area contributed by atoms with Gasteiger partial charge >= 0.3 is 5.69 Å². The topological polar surface area (TPSA) is 153 Å². The number of para-hydroxylation sites is 1. The summed E-state index contributed by atoms with van der Waals surface area (Å²) in [6.07, 6.45) is 0.785. The number of aromatic amines is 2. The third-order valence-electron chi connectivity index (χ3n) is 3.64. The van der Waals surface area contributed by atoms with E-state index in [0.29, 0.717) is 10.7 Å². The summed E-state index contributed by atoms with van der Waals surface area (Å²) in [5.74, 6) is -0.548. The number of hydrogen-bond donors (Lipinski definition) is 5. The van der Waals surface area contributed by atoms with Gasteiger partial charge in [-0.3, -0.25) is 30.1 Å². The number of benzene rings is 2. The van der Waals surface area contributed by atoms with Crippen LogP contribution >= 0.6 is 11.6 Å². The van der Waals surface area contributed by atoms with E-state index in [2.05, 4.69) is 20.6 Å². The first-order valence-corrected chi connectivity index (χ1v) is 9.88. The molecule has 2 aromatic carbocycles. The molecule has 3 aromatic rings. The maximum absolute atomic E-state index is 12.4. The second-order valence-corrected chi connectivity index (χ2v) is 7.74. The van der Waals surface area contributed by atoms with E-state index in [1.807, 2.05) is 4.98 Å². The molecule has 0 fully saturated rings. The molecule has 0 bridgehead atoms. The van der Waals surface area contributed by atoms with Crippen molar-refractivity contribution in [2.24, 2.45) is 0 Å². The molecule has 0 saturated heterocycles. The van der Waals surface area contributed by atoms with Gasteiger partial charge in [-0.2, -0.15) is 0 Å². The number of anilines is 2. The van der Waals surface area contributed by atoms with Gasteiger partial charge in [0.25, 0.3) is 21.5 Å². The van der Waals surface area contributed by atoms with Gasteiger partial charge < -0.3 is 4.98 Å². The lowest BCUT2D eigenvalue weighted by Crippen LogP contribution is -2.30. The van der Waals surface area contributed by atoms with Gasteiger partial charge in [0, 0.05) is 17.4 Å². The van der Waals surface area contributed by atoms with Crippen LogP contribution in [0.5, 0.6) is 0 Å². The molecule has 1 amide bonds. The van der Waals surface area contributed by atoms with Crippen molar-refractivity contribution in [3.63, 3.8) is 0 Å². The van der Waals surface area contributed by atoms with Gasteiger partial charge in [0.1, 0.15) is 0 Å². The van der Waals surface area contributed by atoms with Crippen LogP contribution in [0, 0.1) is 0 Å². The number of carbonyl (C=O) groups excluding carboxylic acids is 1. The summed E-state index contributed by atoms with van der Waals surface area (Å²) in [6.45, 7) is 0. The van der Waals surface area contributed by atoms with Crippen molar-refractivity contribution >= 4 is 38.9 Å². The largest absolute Gasteiger partial charge is 0.325 e. The van der Waals surface area contributed by atoms with Crippen LogP contribution in [0.3, 0.4) is 0 Å². The zero-order chi connectivity index (χ0) is 21.0. The minimum atomic E-state index is -4.29. The Balaban J connectivity index is 1.77. The molecule has 0 radical (unpaired) electrons. The SMILES string of the molecule is O=C(NNc1ccccc1Cl)c1cccc(NS(=O)(=O)c2c[nH]c(=O)[nH]c2=O)c1. The van der Waals surface area contributed by atoms with E-state index in [1.54, 1.807) is 24.3 Å². The van der Waals surface area contributed by atoms with Crippen LogP contribution in [0.2, 0.25) is 5.02 Å². The van der Waals surface area contributed by atoms with Crippen LogP contribution in [0.15, 0.2) is 69.2 Å². The Morgan fingerprint density at radius 3 is 2.52 bits per heavy atom. The van der Waals surface area contributed by atoms with Gasteiger partial charge in [0.15, 0.2) is 4.90 Å². The lowest BCUT2D eigenvalue weighted by Gasteiger charge is -2.11. The summed E-state index contributed by atoms with van der Waals surface area (Å²) in [5.41, 5.74) is 3.88. The highest BCUT2D eigenvalue weighted by Crippen LogP contribution is 2.20. The number of rotatable bonds is 6. The average molecular weight is 436 g/mol. The fourth-order valence-electron chi connectivity index (χ4n) is 2.29. The summed E-state index contributed by atoms with van der Waals surface area (Å²) in [6, 6.07) is 12.4. The first kappa shape index (κ1) is 20.2. The Hall–Kier alpha value is -3.57. The molecule has 0 saturated carbocycles. The van der Waals surface area contributed by atoms with Crippen molar-refractivity contribution in [3.8, 4) is 0 Å². The third kappa shape index (κ3) is 4.83. The summed E-state index contributed by atoms with van der Waals surface area (Å²) in [7, 11) is -4.29. The molecule has 29 heavy (non-hydrogen) atoms. The van der Waals surface area contributed by atoms with Crippen LogP contribution < -0.4 is 26.8 Å². The molecule has 150 valence electrons. The summed E-state index contributed by atoms with van der Waals surface area (Å²) in [5, 5.41) is 0.403. The zero-order valence-electron chi connectivity index (χ0n) is 14.5. The van der Waals surface area contributed by atoms with Crippen LogP contribution in [0.4, 0.5) is 11.4 Å². The molecule has 0 spiro atoms. The van der Waals surface area contributed by atoms with Gasteiger partial charge in [-0.05, 0) is 30.3 Å². The minimum Gasteiger partial charge on any atom is -0.313 e. The van der Waals surface area contributed by atoms with Gasteiger partial charge in [0.2, 0.25) is 0 Å². The molecule has 0 aliphatic carbocycles. The van der Waals surface area contributed by atoms with Crippen molar-refractivity contribution < 1.29 is 13.2 Å². The third-order valence-corrected chi connectivity index (χ3v) is 5.35. The van der Waals surface area contributed by atoms with E-state index >= 15 is 0 Å². The Kier molecular flexibility index (Phi) is 5.71. The van der Waals surface area contributed by atoms with Crippen molar-refractivity contribution in [1.29, 1.82) is 0 Å². The molecule has 0 aliphatic rings. The van der Waals surface area contributed by atoms with Gasteiger partial charge in [-0.25, -0.2) is 13.2 Å². The second-order valence-electron chi connectivity index (χ2n) is 5.68. The number of nitrogens with one attached hydrogen (secondary N) is 5. The van der Waals surface area contributed by atoms with E-state index in [1.165, 1.54) is 24.3 Å². The number of H-pyrrole nitrogens is 2. The van der Waals surface area contributed by atoms with E-state index in [-0.39, 0.29) is 11.3 Å². The predicted octanol–water partition coefficient (Wildman–Crippen LogP) is 1.27. The molecule has 12 heteroatoms. The summed E-state index contributed by atoms with van der Waals surface area (Å²) in [4.78, 5) is 38.3. The lowest BCUT2D eigenvalue weighted by atomic mass is 10.2. The highest BCUT2D eigenvalue weighted by Gasteiger charge is 2.19. The van der Waals surface area contributed by atoms with Crippen LogP contribution in [0.25, 0.3) is 0 Å². The number of amides is 1. The van der Waals surface area contributed by atoms with E-state index in [4.69, 9.17) is 11.6 Å². The van der Waals surface area contributed by atoms with Crippen molar-refractivity contribution in [1.82, 2.24) is 15.4 Å². The van der Waals surface area contributed by atoms with Gasteiger partial charge in [0.05, 0.1) is 10.7 Å². The Morgan fingerprint density at radius 2 is 1.79 bits per heavy atom. The van der Waals surface area contributed by atoms with E-state index < -0.39 is 32.1 Å². The summed E-state index contributed by atoms with van der Waals surface area (Å²) < 4.78 is 26.9. The maximum Gasteiger partial charge on any atom is 0.325 e. The molecule has 3 rings (SSSR count). The van der Waals surface area contributed by atoms with Crippen LogP contribution in [-0.4, -0.2) is 24.3 Å². The predicted molar refractivity (Wildman–Crippen MR) is 107 cm³/mol. The fourth-order valence-corrected chi connectivity index (χ4v) is 3.53. The van der Waals surface area contributed by atoms with Gasteiger partial charge in [-0.1, -0.05) is 29.8 Å². The quantitative estimate of drug-likeness (QED) is 0.367. The molecule has 0 unspecified atom stereocenters. The van der Waals surface area contributed by atoms with Crippen molar-refractivity contribution in [2.75, 3.05) is 10.1 Å².